The fraction of sp³-hybridized carbons (Fsp3) is 0.143. The molecule has 3 rings (SSSR count). The van der Waals surface area contributed by atoms with Crippen molar-refractivity contribution in [1.29, 1.82) is 0 Å². The van der Waals surface area contributed by atoms with Crippen molar-refractivity contribution in [2.45, 2.75) is 13.5 Å². The highest BCUT2D eigenvalue weighted by Crippen LogP contribution is 2.25. The summed E-state index contributed by atoms with van der Waals surface area (Å²) < 4.78 is 11.4. The van der Waals surface area contributed by atoms with Crippen molar-refractivity contribution in [2.75, 3.05) is 11.9 Å². The molecule has 0 aliphatic rings. The molecule has 3 aromatic rings. The summed E-state index contributed by atoms with van der Waals surface area (Å²) in [5.41, 5.74) is 2.01. The van der Waals surface area contributed by atoms with Crippen LogP contribution in [0.2, 0.25) is 0 Å². The number of rotatable bonds is 7. The predicted octanol–water partition coefficient (Wildman–Crippen LogP) is 4.31. The Balaban J connectivity index is 1.73. The van der Waals surface area contributed by atoms with Gasteiger partial charge in [-0.1, -0.05) is 36.4 Å². The molecule has 5 heteroatoms. The van der Waals surface area contributed by atoms with Crippen molar-refractivity contribution in [2.24, 2.45) is 0 Å². The second-order valence-electron chi connectivity index (χ2n) is 5.51. The average Bonchev–Trinajstić information content (AvgIpc) is 2.69. The molecule has 0 bridgehead atoms. The number of para-hydroxylation sites is 1. The van der Waals surface area contributed by atoms with E-state index in [1.54, 1.807) is 30.5 Å². The van der Waals surface area contributed by atoms with Gasteiger partial charge in [0.15, 0.2) is 0 Å². The van der Waals surface area contributed by atoms with E-state index >= 15 is 0 Å². The molecule has 0 saturated carbocycles. The van der Waals surface area contributed by atoms with E-state index in [2.05, 4.69) is 10.3 Å². The van der Waals surface area contributed by atoms with Gasteiger partial charge in [-0.05, 0) is 37.3 Å². The number of nitrogens with one attached hydrogen (secondary N) is 1. The van der Waals surface area contributed by atoms with Crippen LogP contribution in [0.4, 0.5) is 5.69 Å². The molecule has 5 nitrogen and oxygen atoms in total. The summed E-state index contributed by atoms with van der Waals surface area (Å²) in [5, 5.41) is 2.85. The molecule has 2 aromatic carbocycles. The van der Waals surface area contributed by atoms with Gasteiger partial charge in [-0.3, -0.25) is 4.79 Å². The molecular weight excluding hydrogens is 328 g/mol. The Hall–Kier alpha value is -3.34. The average molecular weight is 348 g/mol. The van der Waals surface area contributed by atoms with Crippen LogP contribution in [0.15, 0.2) is 72.9 Å². The normalized spacial score (nSPS) is 10.2. The summed E-state index contributed by atoms with van der Waals surface area (Å²) in [6.45, 7) is 2.81. The zero-order valence-corrected chi connectivity index (χ0v) is 14.5. The fourth-order valence-electron chi connectivity index (χ4n) is 2.45. The number of anilines is 1. The summed E-state index contributed by atoms with van der Waals surface area (Å²) >= 11 is 0. The molecule has 1 amide bonds. The Bertz CT molecular complexity index is 866. The molecule has 0 aliphatic heterocycles. The number of amides is 1. The van der Waals surface area contributed by atoms with Crippen LogP contribution in [-0.4, -0.2) is 17.5 Å². The predicted molar refractivity (Wildman–Crippen MR) is 101 cm³/mol. The molecule has 0 spiro atoms. The van der Waals surface area contributed by atoms with Gasteiger partial charge in [0.2, 0.25) is 5.88 Å². The number of aromatic nitrogens is 1. The number of carbonyl (C=O) groups excluding carboxylic acids is 1. The van der Waals surface area contributed by atoms with E-state index in [0.717, 1.165) is 11.3 Å². The highest BCUT2D eigenvalue weighted by atomic mass is 16.5. The SMILES string of the molecule is CCOc1ccccc1COc1ncccc1NC(=O)c1ccccc1. The largest absolute Gasteiger partial charge is 0.493 e. The van der Waals surface area contributed by atoms with Gasteiger partial charge in [0.25, 0.3) is 5.91 Å². The van der Waals surface area contributed by atoms with Crippen LogP contribution in [0, 0.1) is 0 Å². The molecule has 132 valence electrons. The smallest absolute Gasteiger partial charge is 0.255 e. The first-order valence-corrected chi connectivity index (χ1v) is 8.43. The monoisotopic (exact) mass is 348 g/mol. The van der Waals surface area contributed by atoms with E-state index < -0.39 is 0 Å². The van der Waals surface area contributed by atoms with Crippen LogP contribution >= 0.6 is 0 Å². The summed E-state index contributed by atoms with van der Waals surface area (Å²) in [6, 6.07) is 20.2. The van der Waals surface area contributed by atoms with Crippen molar-refractivity contribution < 1.29 is 14.3 Å². The van der Waals surface area contributed by atoms with Gasteiger partial charge in [-0.2, -0.15) is 0 Å². The number of nitrogens with zero attached hydrogens (tertiary/aromatic N) is 1. The van der Waals surface area contributed by atoms with Crippen LogP contribution in [-0.2, 0) is 6.61 Å². The van der Waals surface area contributed by atoms with Crippen LogP contribution in [0.3, 0.4) is 0 Å². The van der Waals surface area contributed by atoms with Crippen LogP contribution in [0.25, 0.3) is 0 Å². The molecule has 0 fully saturated rings. The summed E-state index contributed by atoms with van der Waals surface area (Å²) in [5.74, 6) is 0.932. The summed E-state index contributed by atoms with van der Waals surface area (Å²) in [6.07, 6.45) is 1.63. The lowest BCUT2D eigenvalue weighted by atomic mass is 10.2. The molecule has 0 saturated heterocycles. The first-order valence-electron chi connectivity index (χ1n) is 8.43. The summed E-state index contributed by atoms with van der Waals surface area (Å²) in [7, 11) is 0. The molecule has 0 radical (unpaired) electrons. The van der Waals surface area contributed by atoms with E-state index in [0.29, 0.717) is 30.3 Å². The van der Waals surface area contributed by atoms with Gasteiger partial charge < -0.3 is 14.8 Å². The molecule has 1 aromatic heterocycles. The highest BCUT2D eigenvalue weighted by Gasteiger charge is 2.11. The van der Waals surface area contributed by atoms with Crippen LogP contribution < -0.4 is 14.8 Å². The Morgan fingerprint density at radius 1 is 0.962 bits per heavy atom. The number of benzene rings is 2. The third-order valence-corrected chi connectivity index (χ3v) is 3.69. The number of ether oxygens (including phenoxy) is 2. The first kappa shape index (κ1) is 17.5. The molecule has 1 N–H and O–H groups in total. The van der Waals surface area contributed by atoms with Gasteiger partial charge in [0.05, 0.1) is 6.61 Å². The van der Waals surface area contributed by atoms with Crippen molar-refractivity contribution in [3.63, 3.8) is 0 Å². The third kappa shape index (κ3) is 4.39. The molecule has 1 heterocycles. The van der Waals surface area contributed by atoms with E-state index in [9.17, 15) is 4.79 Å². The van der Waals surface area contributed by atoms with E-state index in [1.165, 1.54) is 0 Å². The second kappa shape index (κ2) is 8.67. The van der Waals surface area contributed by atoms with Gasteiger partial charge in [-0.25, -0.2) is 4.98 Å². The maximum absolute atomic E-state index is 12.4. The van der Waals surface area contributed by atoms with Crippen molar-refractivity contribution in [3.8, 4) is 11.6 Å². The van der Waals surface area contributed by atoms with Gasteiger partial charge >= 0.3 is 0 Å². The van der Waals surface area contributed by atoms with E-state index in [-0.39, 0.29) is 5.91 Å². The number of pyridine rings is 1. The minimum atomic E-state index is -0.210. The third-order valence-electron chi connectivity index (χ3n) is 3.69. The molecule has 26 heavy (non-hydrogen) atoms. The van der Waals surface area contributed by atoms with Crippen molar-refractivity contribution >= 4 is 11.6 Å². The minimum Gasteiger partial charge on any atom is -0.493 e. The Morgan fingerprint density at radius 3 is 2.54 bits per heavy atom. The molecular formula is C21H20N2O3. The topological polar surface area (TPSA) is 60.5 Å². The zero-order valence-electron chi connectivity index (χ0n) is 14.5. The lowest BCUT2D eigenvalue weighted by Gasteiger charge is -2.13. The van der Waals surface area contributed by atoms with Gasteiger partial charge in [0.1, 0.15) is 18.0 Å². The fourth-order valence-corrected chi connectivity index (χ4v) is 2.45. The van der Waals surface area contributed by atoms with E-state index in [1.807, 2.05) is 49.4 Å². The first-order chi connectivity index (χ1) is 12.8. The molecule has 0 unspecified atom stereocenters. The van der Waals surface area contributed by atoms with E-state index in [4.69, 9.17) is 9.47 Å². The minimum absolute atomic E-state index is 0.210. The van der Waals surface area contributed by atoms with Crippen molar-refractivity contribution in [3.05, 3.63) is 84.1 Å². The Kier molecular flexibility index (Phi) is 5.83. The maximum atomic E-state index is 12.4. The lowest BCUT2D eigenvalue weighted by molar-refractivity contribution is 0.102. The molecule has 0 atom stereocenters. The lowest BCUT2D eigenvalue weighted by Crippen LogP contribution is -2.13. The molecule has 0 aliphatic carbocycles. The van der Waals surface area contributed by atoms with Crippen molar-refractivity contribution in [1.82, 2.24) is 4.98 Å². The van der Waals surface area contributed by atoms with Crippen LogP contribution in [0.1, 0.15) is 22.8 Å². The maximum Gasteiger partial charge on any atom is 0.255 e. The standard InChI is InChI=1S/C21H20N2O3/c1-2-25-19-13-7-6-11-17(19)15-26-21-18(12-8-14-22-21)23-20(24)16-9-4-3-5-10-16/h3-14H,2,15H2,1H3,(H,23,24). The van der Waals surface area contributed by atoms with Gasteiger partial charge in [0, 0.05) is 17.3 Å². The number of carbonyl (C=O) groups is 1. The second-order valence-corrected chi connectivity index (χ2v) is 5.51. The Labute approximate surface area is 152 Å². The Morgan fingerprint density at radius 2 is 1.73 bits per heavy atom. The summed E-state index contributed by atoms with van der Waals surface area (Å²) in [4.78, 5) is 16.6. The quantitative estimate of drug-likeness (QED) is 0.691. The van der Waals surface area contributed by atoms with Crippen LogP contribution in [0.5, 0.6) is 11.6 Å². The zero-order chi connectivity index (χ0) is 18.2. The number of hydrogen-bond acceptors (Lipinski definition) is 4. The number of hydrogen-bond donors (Lipinski definition) is 1. The van der Waals surface area contributed by atoms with Gasteiger partial charge in [-0.15, -0.1) is 0 Å². The highest BCUT2D eigenvalue weighted by molar-refractivity contribution is 6.04.